The molecule has 0 radical (unpaired) electrons. The van der Waals surface area contributed by atoms with E-state index in [1.54, 1.807) is 12.3 Å². The van der Waals surface area contributed by atoms with Gasteiger partial charge in [0.05, 0.1) is 14.2 Å². The Morgan fingerprint density at radius 1 is 1.07 bits per heavy atom. The second-order valence-corrected chi connectivity index (χ2v) is 2.59. The second kappa shape index (κ2) is 3.45. The van der Waals surface area contributed by atoms with E-state index in [1.807, 2.05) is 6.07 Å². The first-order valence-electron chi connectivity index (χ1n) is 4.06. The van der Waals surface area contributed by atoms with E-state index in [1.165, 1.54) is 14.2 Å². The predicted molar refractivity (Wildman–Crippen MR) is 50.4 cm³/mol. The fourth-order valence-corrected chi connectivity index (χ4v) is 1.13. The lowest BCUT2D eigenvalue weighted by atomic mass is 10.4. The van der Waals surface area contributed by atoms with Crippen molar-refractivity contribution in [1.29, 1.82) is 0 Å². The Morgan fingerprint density at radius 3 is 2.50 bits per heavy atom. The lowest BCUT2D eigenvalue weighted by Crippen LogP contribution is -1.97. The van der Waals surface area contributed by atoms with Gasteiger partial charge >= 0.3 is 0 Å². The summed E-state index contributed by atoms with van der Waals surface area (Å²) < 4.78 is 10.0. The summed E-state index contributed by atoms with van der Waals surface area (Å²) in [5.41, 5.74) is 1.23. The standard InChI is InChI=1S/C9H9N3O2/c1-13-8-9(14-2)12-7-6(11-8)4-3-5-10-7/h3-5H,1-2H3. The summed E-state index contributed by atoms with van der Waals surface area (Å²) >= 11 is 0. The van der Waals surface area contributed by atoms with Crippen LogP contribution in [0.5, 0.6) is 11.8 Å². The summed E-state index contributed by atoms with van der Waals surface area (Å²) in [6, 6.07) is 3.61. The van der Waals surface area contributed by atoms with E-state index in [0.717, 1.165) is 0 Å². The predicted octanol–water partition coefficient (Wildman–Crippen LogP) is 1.04. The van der Waals surface area contributed by atoms with E-state index < -0.39 is 0 Å². The minimum atomic E-state index is 0.346. The maximum absolute atomic E-state index is 5.02. The highest BCUT2D eigenvalue weighted by molar-refractivity contribution is 5.70. The van der Waals surface area contributed by atoms with Crippen LogP contribution in [0.15, 0.2) is 18.3 Å². The maximum Gasteiger partial charge on any atom is 0.279 e. The van der Waals surface area contributed by atoms with E-state index in [4.69, 9.17) is 9.47 Å². The van der Waals surface area contributed by atoms with E-state index in [0.29, 0.717) is 22.9 Å². The molecular weight excluding hydrogens is 182 g/mol. The molecule has 2 rings (SSSR count). The lowest BCUT2D eigenvalue weighted by molar-refractivity contribution is 0.334. The van der Waals surface area contributed by atoms with Crippen LogP contribution in [0.25, 0.3) is 11.2 Å². The molecule has 0 aromatic carbocycles. The molecule has 2 heterocycles. The fraction of sp³-hybridized carbons (Fsp3) is 0.222. The van der Waals surface area contributed by atoms with Crippen molar-refractivity contribution in [3.63, 3.8) is 0 Å². The monoisotopic (exact) mass is 191 g/mol. The van der Waals surface area contributed by atoms with Crippen LogP contribution in [-0.2, 0) is 0 Å². The van der Waals surface area contributed by atoms with Gasteiger partial charge in [0, 0.05) is 6.20 Å². The average molecular weight is 191 g/mol. The van der Waals surface area contributed by atoms with Crippen molar-refractivity contribution in [3.8, 4) is 11.8 Å². The molecule has 14 heavy (non-hydrogen) atoms. The molecule has 72 valence electrons. The molecule has 2 aromatic rings. The number of ether oxygens (including phenoxy) is 2. The molecule has 0 aliphatic heterocycles. The third-order valence-electron chi connectivity index (χ3n) is 1.77. The van der Waals surface area contributed by atoms with E-state index >= 15 is 0 Å². The summed E-state index contributed by atoms with van der Waals surface area (Å²) in [6.45, 7) is 0. The zero-order valence-electron chi connectivity index (χ0n) is 7.89. The van der Waals surface area contributed by atoms with Crippen molar-refractivity contribution in [1.82, 2.24) is 15.0 Å². The van der Waals surface area contributed by atoms with Gasteiger partial charge in [0.1, 0.15) is 5.52 Å². The molecule has 0 aliphatic rings. The zero-order chi connectivity index (χ0) is 9.97. The molecule has 0 saturated heterocycles. The topological polar surface area (TPSA) is 57.1 Å². The van der Waals surface area contributed by atoms with Crippen molar-refractivity contribution in [2.45, 2.75) is 0 Å². The van der Waals surface area contributed by atoms with Crippen LogP contribution in [0.3, 0.4) is 0 Å². The quantitative estimate of drug-likeness (QED) is 0.709. The van der Waals surface area contributed by atoms with Crippen LogP contribution in [0.1, 0.15) is 0 Å². The lowest BCUT2D eigenvalue weighted by Gasteiger charge is -2.05. The summed E-state index contributed by atoms with van der Waals surface area (Å²) in [7, 11) is 3.04. The fourth-order valence-electron chi connectivity index (χ4n) is 1.13. The van der Waals surface area contributed by atoms with Gasteiger partial charge in [-0.3, -0.25) is 0 Å². The molecule has 0 fully saturated rings. The van der Waals surface area contributed by atoms with Crippen LogP contribution in [0.2, 0.25) is 0 Å². The van der Waals surface area contributed by atoms with Crippen molar-refractivity contribution >= 4 is 11.2 Å². The Kier molecular flexibility index (Phi) is 2.14. The van der Waals surface area contributed by atoms with Crippen LogP contribution in [0.4, 0.5) is 0 Å². The first-order chi connectivity index (χ1) is 6.85. The summed E-state index contributed by atoms with van der Waals surface area (Å²) in [5, 5.41) is 0. The Morgan fingerprint density at radius 2 is 1.79 bits per heavy atom. The van der Waals surface area contributed by atoms with Crippen LogP contribution < -0.4 is 9.47 Å². The highest BCUT2D eigenvalue weighted by atomic mass is 16.5. The van der Waals surface area contributed by atoms with E-state index in [-0.39, 0.29) is 0 Å². The highest BCUT2D eigenvalue weighted by Gasteiger charge is 2.09. The van der Waals surface area contributed by atoms with Crippen LogP contribution in [-0.4, -0.2) is 29.2 Å². The van der Waals surface area contributed by atoms with Crippen molar-refractivity contribution in [2.24, 2.45) is 0 Å². The number of nitrogens with zero attached hydrogens (tertiary/aromatic N) is 3. The van der Waals surface area contributed by atoms with Gasteiger partial charge in [-0.2, -0.15) is 4.98 Å². The number of fused-ring (bicyclic) bond motifs is 1. The minimum Gasteiger partial charge on any atom is -0.477 e. The molecule has 0 amide bonds. The van der Waals surface area contributed by atoms with Gasteiger partial charge in [0.2, 0.25) is 0 Å². The number of rotatable bonds is 2. The Labute approximate surface area is 80.7 Å². The molecule has 0 unspecified atom stereocenters. The molecule has 5 nitrogen and oxygen atoms in total. The number of hydrogen-bond acceptors (Lipinski definition) is 5. The van der Waals surface area contributed by atoms with Crippen LogP contribution >= 0.6 is 0 Å². The highest BCUT2D eigenvalue weighted by Crippen LogP contribution is 2.23. The molecule has 0 saturated carbocycles. The van der Waals surface area contributed by atoms with Crippen LogP contribution in [0, 0.1) is 0 Å². The molecule has 2 aromatic heterocycles. The SMILES string of the molecule is COc1nc2cccnc2nc1OC. The largest absolute Gasteiger partial charge is 0.477 e. The van der Waals surface area contributed by atoms with Gasteiger partial charge in [-0.05, 0) is 12.1 Å². The minimum absolute atomic E-state index is 0.346. The number of aromatic nitrogens is 3. The van der Waals surface area contributed by atoms with Crippen molar-refractivity contribution in [2.75, 3.05) is 14.2 Å². The molecule has 0 bridgehead atoms. The van der Waals surface area contributed by atoms with Gasteiger partial charge in [-0.1, -0.05) is 0 Å². The number of hydrogen-bond donors (Lipinski definition) is 0. The Bertz CT molecular complexity index is 416. The van der Waals surface area contributed by atoms with Gasteiger partial charge in [-0.25, -0.2) is 9.97 Å². The maximum atomic E-state index is 5.02. The zero-order valence-corrected chi connectivity index (χ0v) is 7.89. The van der Waals surface area contributed by atoms with Crippen molar-refractivity contribution < 1.29 is 9.47 Å². The third kappa shape index (κ3) is 1.32. The van der Waals surface area contributed by atoms with E-state index in [9.17, 15) is 0 Å². The number of methoxy groups -OCH3 is 2. The van der Waals surface area contributed by atoms with E-state index in [2.05, 4.69) is 15.0 Å². The van der Waals surface area contributed by atoms with Crippen molar-refractivity contribution in [3.05, 3.63) is 18.3 Å². The first-order valence-corrected chi connectivity index (χ1v) is 4.06. The molecule has 0 aliphatic carbocycles. The van der Waals surface area contributed by atoms with Gasteiger partial charge < -0.3 is 9.47 Å². The second-order valence-electron chi connectivity index (χ2n) is 2.59. The smallest absolute Gasteiger partial charge is 0.279 e. The normalized spacial score (nSPS) is 10.1. The van der Waals surface area contributed by atoms with Gasteiger partial charge in [-0.15, -0.1) is 0 Å². The summed E-state index contributed by atoms with van der Waals surface area (Å²) in [6.07, 6.45) is 1.66. The van der Waals surface area contributed by atoms with Gasteiger partial charge in [0.15, 0.2) is 5.65 Å². The average Bonchev–Trinajstić information content (AvgIpc) is 2.27. The summed E-state index contributed by atoms with van der Waals surface area (Å²) in [5.74, 6) is 0.715. The molecular formula is C9H9N3O2. The molecule has 0 atom stereocenters. The Balaban J connectivity index is 2.69. The third-order valence-corrected chi connectivity index (χ3v) is 1.77. The molecule has 0 spiro atoms. The first kappa shape index (κ1) is 8.68. The molecule has 5 heteroatoms. The number of pyridine rings is 1. The molecule has 0 N–H and O–H groups in total. The Hall–Kier alpha value is -1.91. The van der Waals surface area contributed by atoms with Gasteiger partial charge in [0.25, 0.3) is 11.8 Å². The summed E-state index contributed by atoms with van der Waals surface area (Å²) in [4.78, 5) is 12.4.